The third-order valence-corrected chi connectivity index (χ3v) is 3.67. The van der Waals surface area contributed by atoms with Crippen molar-refractivity contribution in [3.05, 3.63) is 66.4 Å². The minimum Gasteiger partial charge on any atom is -0.497 e. The summed E-state index contributed by atoms with van der Waals surface area (Å²) < 4.78 is 10.3. The van der Waals surface area contributed by atoms with Gasteiger partial charge in [0.15, 0.2) is 0 Å². The lowest BCUT2D eigenvalue weighted by Crippen LogP contribution is -2.08. The lowest BCUT2D eigenvalue weighted by molar-refractivity contribution is 0.0527. The average Bonchev–Trinajstić information content (AvgIpc) is 2.69. The molecule has 0 saturated carbocycles. The van der Waals surface area contributed by atoms with Gasteiger partial charge in [0.05, 0.1) is 25.0 Å². The van der Waals surface area contributed by atoms with Gasteiger partial charge >= 0.3 is 5.97 Å². The van der Waals surface area contributed by atoms with Crippen molar-refractivity contribution < 1.29 is 14.3 Å². The summed E-state index contributed by atoms with van der Waals surface area (Å²) in [4.78, 5) is 20.8. The molecular formula is C20H20N4O3. The first-order valence-corrected chi connectivity index (χ1v) is 8.47. The second kappa shape index (κ2) is 8.66. The Bertz CT molecular complexity index is 930. The van der Waals surface area contributed by atoms with Gasteiger partial charge in [-0.15, -0.1) is 0 Å². The van der Waals surface area contributed by atoms with Crippen molar-refractivity contribution in [3.8, 4) is 5.75 Å². The number of hydrogen-bond acceptors (Lipinski definition) is 7. The zero-order valence-corrected chi connectivity index (χ0v) is 15.1. The maximum absolute atomic E-state index is 12.1. The number of benzene rings is 2. The average molecular weight is 364 g/mol. The summed E-state index contributed by atoms with van der Waals surface area (Å²) in [5.74, 6) is 1.32. The number of carbonyl (C=O) groups excluding carboxylic acids is 1. The Morgan fingerprint density at radius 2 is 1.93 bits per heavy atom. The van der Waals surface area contributed by atoms with E-state index in [2.05, 4.69) is 20.6 Å². The lowest BCUT2D eigenvalue weighted by atomic mass is 10.2. The number of anilines is 4. The van der Waals surface area contributed by atoms with Crippen molar-refractivity contribution in [3.63, 3.8) is 0 Å². The van der Waals surface area contributed by atoms with Crippen molar-refractivity contribution in [1.82, 2.24) is 9.97 Å². The number of rotatable bonds is 7. The van der Waals surface area contributed by atoms with Gasteiger partial charge < -0.3 is 20.1 Å². The molecule has 0 aliphatic heterocycles. The number of nitrogens with one attached hydrogen (secondary N) is 2. The van der Waals surface area contributed by atoms with Crippen LogP contribution >= 0.6 is 0 Å². The van der Waals surface area contributed by atoms with Gasteiger partial charge in [-0.1, -0.05) is 18.2 Å². The van der Waals surface area contributed by atoms with E-state index in [1.807, 2.05) is 30.3 Å². The largest absolute Gasteiger partial charge is 0.497 e. The highest BCUT2D eigenvalue weighted by Gasteiger charge is 2.12. The Hall–Kier alpha value is -3.61. The van der Waals surface area contributed by atoms with Crippen molar-refractivity contribution in [2.75, 3.05) is 24.4 Å². The van der Waals surface area contributed by atoms with Crippen LogP contribution in [-0.2, 0) is 4.74 Å². The first kappa shape index (κ1) is 18.2. The number of hydrogen-bond donors (Lipinski definition) is 2. The molecule has 0 atom stereocenters. The number of carbonyl (C=O) groups is 1. The summed E-state index contributed by atoms with van der Waals surface area (Å²) in [7, 11) is 1.61. The number of ether oxygens (including phenoxy) is 2. The van der Waals surface area contributed by atoms with Crippen LogP contribution in [0.5, 0.6) is 5.75 Å². The Morgan fingerprint density at radius 3 is 2.74 bits per heavy atom. The summed E-state index contributed by atoms with van der Waals surface area (Å²) in [5.41, 5.74) is 1.86. The molecule has 1 heterocycles. The Kier molecular flexibility index (Phi) is 5.84. The smallest absolute Gasteiger partial charge is 0.340 e. The Labute approximate surface area is 157 Å². The molecule has 3 rings (SSSR count). The molecule has 0 amide bonds. The van der Waals surface area contributed by atoms with E-state index in [0.717, 1.165) is 11.4 Å². The zero-order valence-electron chi connectivity index (χ0n) is 15.1. The summed E-state index contributed by atoms with van der Waals surface area (Å²) in [6.07, 6.45) is 1.63. The van der Waals surface area contributed by atoms with Crippen LogP contribution in [0.25, 0.3) is 0 Å². The fourth-order valence-electron chi connectivity index (χ4n) is 2.44. The van der Waals surface area contributed by atoms with E-state index >= 15 is 0 Å². The first-order valence-electron chi connectivity index (χ1n) is 8.47. The molecule has 0 aliphatic carbocycles. The molecule has 27 heavy (non-hydrogen) atoms. The number of para-hydroxylation sites is 1. The van der Waals surface area contributed by atoms with Gasteiger partial charge in [-0.3, -0.25) is 0 Å². The summed E-state index contributed by atoms with van der Waals surface area (Å²) in [5, 5.41) is 6.27. The van der Waals surface area contributed by atoms with Gasteiger partial charge in [0, 0.05) is 18.0 Å². The van der Waals surface area contributed by atoms with E-state index in [1.54, 1.807) is 44.5 Å². The zero-order chi connectivity index (χ0) is 19.1. The molecule has 0 unspecified atom stereocenters. The Balaban J connectivity index is 1.79. The van der Waals surface area contributed by atoms with Crippen LogP contribution in [0.1, 0.15) is 17.3 Å². The molecule has 0 radical (unpaired) electrons. The quantitative estimate of drug-likeness (QED) is 0.609. The topological polar surface area (TPSA) is 85.4 Å². The first-order chi connectivity index (χ1) is 13.2. The van der Waals surface area contributed by atoms with Crippen LogP contribution in [0.15, 0.2) is 60.8 Å². The minimum absolute atomic E-state index is 0.315. The van der Waals surface area contributed by atoms with Crippen LogP contribution in [-0.4, -0.2) is 29.7 Å². The highest BCUT2D eigenvalue weighted by Crippen LogP contribution is 2.23. The van der Waals surface area contributed by atoms with E-state index in [4.69, 9.17) is 9.47 Å². The van der Waals surface area contributed by atoms with Crippen LogP contribution in [0.3, 0.4) is 0 Å². The summed E-state index contributed by atoms with van der Waals surface area (Å²) in [6, 6.07) is 16.3. The van der Waals surface area contributed by atoms with E-state index in [1.165, 1.54) is 0 Å². The third kappa shape index (κ3) is 4.72. The molecule has 138 valence electrons. The van der Waals surface area contributed by atoms with Crippen molar-refractivity contribution in [2.45, 2.75) is 6.92 Å². The number of nitrogens with zero attached hydrogens (tertiary/aromatic N) is 2. The van der Waals surface area contributed by atoms with Gasteiger partial charge in [0.25, 0.3) is 0 Å². The normalized spacial score (nSPS) is 10.1. The molecule has 1 aromatic heterocycles. The minimum atomic E-state index is -0.385. The molecule has 0 aliphatic rings. The van der Waals surface area contributed by atoms with Crippen LogP contribution in [0, 0.1) is 0 Å². The summed E-state index contributed by atoms with van der Waals surface area (Å²) >= 11 is 0. The van der Waals surface area contributed by atoms with Gasteiger partial charge in [-0.05, 0) is 37.3 Å². The fraction of sp³-hybridized carbons (Fsp3) is 0.150. The lowest BCUT2D eigenvalue weighted by Gasteiger charge is -2.12. The fourth-order valence-corrected chi connectivity index (χ4v) is 2.44. The van der Waals surface area contributed by atoms with E-state index in [0.29, 0.717) is 29.6 Å². The molecule has 3 aromatic rings. The molecule has 0 spiro atoms. The molecule has 0 bridgehead atoms. The number of esters is 1. The molecule has 7 nitrogen and oxygen atoms in total. The molecule has 2 N–H and O–H groups in total. The standard InChI is InChI=1S/C20H20N4O3/c1-3-27-19(25)16-9-4-5-10-17(16)23-18-11-12-21-20(24-18)22-14-7-6-8-15(13-14)26-2/h4-13H,3H2,1-2H3,(H2,21,22,23,24). The number of aromatic nitrogens is 2. The van der Waals surface area contributed by atoms with Crippen molar-refractivity contribution in [2.24, 2.45) is 0 Å². The van der Waals surface area contributed by atoms with Gasteiger partial charge in [-0.2, -0.15) is 4.98 Å². The molecular weight excluding hydrogens is 344 g/mol. The second-order valence-corrected chi connectivity index (χ2v) is 5.51. The Morgan fingerprint density at radius 1 is 1.07 bits per heavy atom. The maximum atomic E-state index is 12.1. The molecule has 0 fully saturated rings. The van der Waals surface area contributed by atoms with Crippen LogP contribution in [0.4, 0.5) is 23.1 Å². The van der Waals surface area contributed by atoms with Gasteiger partial charge in [-0.25, -0.2) is 9.78 Å². The highest BCUT2D eigenvalue weighted by molar-refractivity contribution is 5.96. The predicted octanol–water partition coefficient (Wildman–Crippen LogP) is 4.15. The predicted molar refractivity (Wildman–Crippen MR) is 104 cm³/mol. The van der Waals surface area contributed by atoms with Crippen molar-refractivity contribution in [1.29, 1.82) is 0 Å². The van der Waals surface area contributed by atoms with E-state index in [9.17, 15) is 4.79 Å². The summed E-state index contributed by atoms with van der Waals surface area (Å²) in [6.45, 7) is 2.09. The van der Waals surface area contributed by atoms with E-state index in [-0.39, 0.29) is 5.97 Å². The molecule has 7 heteroatoms. The second-order valence-electron chi connectivity index (χ2n) is 5.51. The monoisotopic (exact) mass is 364 g/mol. The van der Waals surface area contributed by atoms with Crippen LogP contribution < -0.4 is 15.4 Å². The SMILES string of the molecule is CCOC(=O)c1ccccc1Nc1ccnc(Nc2cccc(OC)c2)n1. The highest BCUT2D eigenvalue weighted by atomic mass is 16.5. The number of methoxy groups -OCH3 is 1. The van der Waals surface area contributed by atoms with Crippen LogP contribution in [0.2, 0.25) is 0 Å². The molecule has 0 saturated heterocycles. The third-order valence-electron chi connectivity index (χ3n) is 3.67. The van der Waals surface area contributed by atoms with E-state index < -0.39 is 0 Å². The molecule has 2 aromatic carbocycles. The van der Waals surface area contributed by atoms with Crippen molar-refractivity contribution >= 4 is 29.1 Å². The van der Waals surface area contributed by atoms with Gasteiger partial charge in [0.1, 0.15) is 11.6 Å². The maximum Gasteiger partial charge on any atom is 0.340 e. The van der Waals surface area contributed by atoms with Gasteiger partial charge in [0.2, 0.25) is 5.95 Å².